The van der Waals surface area contributed by atoms with E-state index in [4.69, 9.17) is 0 Å². The maximum Gasteiger partial charge on any atom is 0.178 e. The van der Waals surface area contributed by atoms with Crippen LogP contribution in [0.25, 0.3) is 10.6 Å². The van der Waals surface area contributed by atoms with Gasteiger partial charge in [0.15, 0.2) is 3.01 Å². The minimum atomic E-state index is 0.969. The molecule has 0 aliphatic rings. The normalized spacial score (nSPS) is 10.5. The zero-order valence-electron chi connectivity index (χ0n) is 7.29. The largest absolute Gasteiger partial charge is 0.178 e. The van der Waals surface area contributed by atoms with E-state index in [1.165, 1.54) is 5.56 Å². The number of aromatic nitrogens is 2. The summed E-state index contributed by atoms with van der Waals surface area (Å²) in [5.41, 5.74) is 2.38. The molecular formula is C9H6BrIN2S. The second kappa shape index (κ2) is 4.24. The molecule has 0 radical (unpaired) electrons. The number of hydrogen-bond acceptors (Lipinski definition) is 3. The Bertz CT molecular complexity index is 470. The highest BCUT2D eigenvalue weighted by atomic mass is 127. The van der Waals surface area contributed by atoms with E-state index in [-0.39, 0.29) is 0 Å². The zero-order valence-corrected chi connectivity index (χ0v) is 11.9. The van der Waals surface area contributed by atoms with Crippen molar-refractivity contribution in [3.8, 4) is 10.6 Å². The van der Waals surface area contributed by atoms with Crippen LogP contribution in [-0.2, 0) is 0 Å². The Morgan fingerprint density at radius 1 is 1.36 bits per heavy atom. The average Bonchev–Trinajstić information content (AvgIpc) is 2.56. The molecule has 1 aromatic carbocycles. The van der Waals surface area contributed by atoms with Gasteiger partial charge in [-0.15, -0.1) is 10.2 Å². The summed E-state index contributed by atoms with van der Waals surface area (Å²) in [4.78, 5) is 0. The van der Waals surface area contributed by atoms with Gasteiger partial charge in [0.1, 0.15) is 5.01 Å². The lowest BCUT2D eigenvalue weighted by atomic mass is 10.1. The van der Waals surface area contributed by atoms with Gasteiger partial charge in [0.25, 0.3) is 0 Å². The molecule has 2 aromatic rings. The van der Waals surface area contributed by atoms with Crippen molar-refractivity contribution in [2.24, 2.45) is 0 Å². The van der Waals surface area contributed by atoms with E-state index < -0.39 is 0 Å². The first-order chi connectivity index (χ1) is 6.66. The maximum atomic E-state index is 4.13. The number of hydrogen-bond donors (Lipinski definition) is 0. The van der Waals surface area contributed by atoms with Gasteiger partial charge in [0, 0.05) is 10.0 Å². The van der Waals surface area contributed by atoms with Crippen LogP contribution in [0.1, 0.15) is 5.56 Å². The molecule has 0 saturated carbocycles. The molecule has 14 heavy (non-hydrogen) atoms. The molecule has 0 unspecified atom stereocenters. The molecule has 2 nitrogen and oxygen atoms in total. The molecule has 72 valence electrons. The number of rotatable bonds is 1. The van der Waals surface area contributed by atoms with Gasteiger partial charge >= 0.3 is 0 Å². The molecule has 0 amide bonds. The number of nitrogens with zero attached hydrogens (tertiary/aromatic N) is 2. The molecule has 0 fully saturated rings. The van der Waals surface area contributed by atoms with Crippen LogP contribution in [0.4, 0.5) is 0 Å². The lowest BCUT2D eigenvalue weighted by Crippen LogP contribution is -1.82. The number of aryl methyl sites for hydroxylation is 1. The fourth-order valence-electron chi connectivity index (χ4n) is 1.14. The van der Waals surface area contributed by atoms with Crippen molar-refractivity contribution >= 4 is 49.9 Å². The Kier molecular flexibility index (Phi) is 3.18. The van der Waals surface area contributed by atoms with Gasteiger partial charge in [-0.05, 0) is 47.2 Å². The quantitative estimate of drug-likeness (QED) is 0.701. The fraction of sp³-hybridized carbons (Fsp3) is 0.111. The molecule has 0 saturated heterocycles. The topological polar surface area (TPSA) is 25.8 Å². The summed E-state index contributed by atoms with van der Waals surface area (Å²) in [6, 6.07) is 6.18. The third-order valence-electron chi connectivity index (χ3n) is 1.83. The van der Waals surface area contributed by atoms with E-state index in [2.05, 4.69) is 67.8 Å². The third kappa shape index (κ3) is 2.14. The second-order valence-electron chi connectivity index (χ2n) is 2.82. The van der Waals surface area contributed by atoms with Crippen LogP contribution in [0.2, 0.25) is 0 Å². The predicted molar refractivity (Wildman–Crippen MR) is 70.5 cm³/mol. The summed E-state index contributed by atoms with van der Waals surface area (Å²) in [5.74, 6) is 0. The molecule has 1 heterocycles. The van der Waals surface area contributed by atoms with Gasteiger partial charge in [-0.2, -0.15) is 0 Å². The highest BCUT2D eigenvalue weighted by Crippen LogP contribution is 2.29. The van der Waals surface area contributed by atoms with Crippen LogP contribution in [0.5, 0.6) is 0 Å². The van der Waals surface area contributed by atoms with Crippen molar-refractivity contribution in [1.29, 1.82) is 0 Å². The molecule has 0 bridgehead atoms. The molecule has 0 atom stereocenters. The Labute approximate surface area is 108 Å². The van der Waals surface area contributed by atoms with Gasteiger partial charge in [0.2, 0.25) is 0 Å². The molecule has 0 spiro atoms. The molecule has 2 rings (SSSR count). The van der Waals surface area contributed by atoms with Crippen molar-refractivity contribution in [3.05, 3.63) is 31.2 Å². The number of benzene rings is 1. The fourth-order valence-corrected chi connectivity index (χ4v) is 2.89. The van der Waals surface area contributed by atoms with Crippen LogP contribution >= 0.6 is 49.9 Å². The van der Waals surface area contributed by atoms with Gasteiger partial charge in [-0.3, -0.25) is 0 Å². The van der Waals surface area contributed by atoms with Gasteiger partial charge in [0.05, 0.1) is 0 Å². The second-order valence-corrected chi connectivity index (χ2v) is 6.47. The van der Waals surface area contributed by atoms with Crippen molar-refractivity contribution in [2.75, 3.05) is 0 Å². The summed E-state index contributed by atoms with van der Waals surface area (Å²) in [5, 5.41) is 9.11. The van der Waals surface area contributed by atoms with E-state index in [1.54, 1.807) is 11.3 Å². The Balaban J connectivity index is 2.55. The van der Waals surface area contributed by atoms with E-state index >= 15 is 0 Å². The highest BCUT2D eigenvalue weighted by Gasteiger charge is 2.07. The van der Waals surface area contributed by atoms with E-state index in [0.29, 0.717) is 0 Å². The van der Waals surface area contributed by atoms with Crippen molar-refractivity contribution in [3.63, 3.8) is 0 Å². The van der Waals surface area contributed by atoms with Crippen LogP contribution < -0.4 is 0 Å². The van der Waals surface area contributed by atoms with Crippen LogP contribution in [0.3, 0.4) is 0 Å². The molecule has 5 heteroatoms. The predicted octanol–water partition coefficient (Wildman–Crippen LogP) is 3.88. The van der Waals surface area contributed by atoms with Crippen molar-refractivity contribution in [1.82, 2.24) is 10.2 Å². The standard InChI is InChI=1S/C9H6BrIN2S/c1-5-2-3-6(10)4-7(5)8-12-13-9(11)14-8/h2-4H,1H3. The van der Waals surface area contributed by atoms with Crippen molar-refractivity contribution < 1.29 is 0 Å². The lowest BCUT2D eigenvalue weighted by Gasteiger charge is -2.01. The molecule has 0 aliphatic heterocycles. The number of halogens is 2. The first-order valence-corrected chi connectivity index (χ1v) is 6.61. The van der Waals surface area contributed by atoms with Crippen LogP contribution in [-0.4, -0.2) is 10.2 Å². The van der Waals surface area contributed by atoms with Crippen LogP contribution in [0, 0.1) is 9.94 Å². The average molecular weight is 381 g/mol. The monoisotopic (exact) mass is 380 g/mol. The van der Waals surface area contributed by atoms with E-state index in [0.717, 1.165) is 18.1 Å². The minimum absolute atomic E-state index is 0.969. The highest BCUT2D eigenvalue weighted by molar-refractivity contribution is 14.1. The van der Waals surface area contributed by atoms with Crippen LogP contribution in [0.15, 0.2) is 22.7 Å². The maximum absolute atomic E-state index is 4.13. The van der Waals surface area contributed by atoms with E-state index in [9.17, 15) is 0 Å². The Hall–Kier alpha value is -0.0100. The van der Waals surface area contributed by atoms with E-state index in [1.807, 2.05) is 6.07 Å². The molecule has 0 aliphatic carbocycles. The summed E-state index contributed by atoms with van der Waals surface area (Å²) in [6.45, 7) is 2.08. The molecule has 1 aromatic heterocycles. The molecular weight excluding hydrogens is 375 g/mol. The summed E-state index contributed by atoms with van der Waals surface area (Å²) < 4.78 is 2.04. The smallest absolute Gasteiger partial charge is 0.137 e. The third-order valence-corrected chi connectivity index (χ3v) is 3.94. The van der Waals surface area contributed by atoms with Crippen molar-refractivity contribution in [2.45, 2.75) is 6.92 Å². The minimum Gasteiger partial charge on any atom is -0.137 e. The Morgan fingerprint density at radius 3 is 2.79 bits per heavy atom. The van der Waals surface area contributed by atoms with Gasteiger partial charge < -0.3 is 0 Å². The summed E-state index contributed by atoms with van der Waals surface area (Å²) in [7, 11) is 0. The first kappa shape index (κ1) is 10.5. The van der Waals surface area contributed by atoms with Gasteiger partial charge in [-0.25, -0.2) is 0 Å². The molecule has 0 N–H and O–H groups in total. The SMILES string of the molecule is Cc1ccc(Br)cc1-c1nnc(I)s1. The Morgan fingerprint density at radius 2 is 2.14 bits per heavy atom. The summed E-state index contributed by atoms with van der Waals surface area (Å²) in [6.07, 6.45) is 0. The lowest BCUT2D eigenvalue weighted by molar-refractivity contribution is 1.07. The summed E-state index contributed by atoms with van der Waals surface area (Å²) >= 11 is 7.24. The van der Waals surface area contributed by atoms with Gasteiger partial charge in [-0.1, -0.05) is 33.3 Å². The first-order valence-electron chi connectivity index (χ1n) is 3.92. The zero-order chi connectivity index (χ0) is 10.1.